The van der Waals surface area contributed by atoms with E-state index in [1.54, 1.807) is 24.3 Å². The maximum absolute atomic E-state index is 9.94. The van der Waals surface area contributed by atoms with Crippen LogP contribution in [0.2, 0.25) is 0 Å². The van der Waals surface area contributed by atoms with Gasteiger partial charge in [0.2, 0.25) is 0 Å². The molecule has 0 spiro atoms. The first-order valence-corrected chi connectivity index (χ1v) is 12.8. The molecule has 3 heteroatoms. The number of aromatic hydroxyl groups is 3. The van der Waals surface area contributed by atoms with Gasteiger partial charge >= 0.3 is 0 Å². The van der Waals surface area contributed by atoms with E-state index < -0.39 is 0 Å². The van der Waals surface area contributed by atoms with Gasteiger partial charge in [0.1, 0.15) is 17.2 Å². The van der Waals surface area contributed by atoms with Gasteiger partial charge in [-0.3, -0.25) is 0 Å². The van der Waals surface area contributed by atoms with Crippen molar-refractivity contribution in [2.24, 2.45) is 11.8 Å². The van der Waals surface area contributed by atoms with Gasteiger partial charge in [-0.05, 0) is 103 Å². The third kappa shape index (κ3) is 3.85. The Morgan fingerprint density at radius 1 is 0.559 bits per heavy atom. The van der Waals surface area contributed by atoms with E-state index in [4.69, 9.17) is 0 Å². The van der Waals surface area contributed by atoms with Crippen molar-refractivity contribution in [2.45, 2.75) is 69.1 Å². The third-order valence-electron chi connectivity index (χ3n) is 9.17. The lowest BCUT2D eigenvalue weighted by molar-refractivity contribution is 0.0774. The second-order valence-corrected chi connectivity index (χ2v) is 10.7. The summed E-state index contributed by atoms with van der Waals surface area (Å²) in [5, 5.41) is 29.8. The summed E-state index contributed by atoms with van der Waals surface area (Å²) >= 11 is 0. The zero-order chi connectivity index (χ0) is 23.8. The summed E-state index contributed by atoms with van der Waals surface area (Å²) in [4.78, 5) is 0. The second kappa shape index (κ2) is 9.02. The van der Waals surface area contributed by atoms with Crippen LogP contribution in [0.15, 0.2) is 72.8 Å². The number of hydrogen-bond acceptors (Lipinski definition) is 3. The first kappa shape index (κ1) is 22.8. The van der Waals surface area contributed by atoms with Crippen LogP contribution in [0.4, 0.5) is 0 Å². The Kier molecular flexibility index (Phi) is 6.06. The molecule has 3 nitrogen and oxygen atoms in total. The zero-order valence-electron chi connectivity index (χ0n) is 20.1. The molecule has 34 heavy (non-hydrogen) atoms. The van der Waals surface area contributed by atoms with E-state index in [2.05, 4.69) is 43.3 Å². The summed E-state index contributed by atoms with van der Waals surface area (Å²) in [6, 6.07) is 23.5. The Balaban J connectivity index is 1.52. The third-order valence-corrected chi connectivity index (χ3v) is 9.17. The number of rotatable bonds is 4. The predicted octanol–water partition coefficient (Wildman–Crippen LogP) is 7.43. The number of benzene rings is 3. The highest BCUT2D eigenvalue weighted by atomic mass is 16.3. The summed E-state index contributed by atoms with van der Waals surface area (Å²) in [5.41, 5.74) is 3.91. The monoisotopic (exact) mass is 456 g/mol. The van der Waals surface area contributed by atoms with Crippen molar-refractivity contribution in [2.75, 3.05) is 0 Å². The molecule has 5 rings (SSSR count). The first-order chi connectivity index (χ1) is 16.4. The van der Waals surface area contributed by atoms with Crippen molar-refractivity contribution < 1.29 is 15.3 Å². The van der Waals surface area contributed by atoms with Crippen molar-refractivity contribution in [3.8, 4) is 17.2 Å². The summed E-state index contributed by atoms with van der Waals surface area (Å²) in [6.07, 6.45) is 9.40. The van der Waals surface area contributed by atoms with Crippen LogP contribution in [0, 0.1) is 11.8 Å². The molecule has 2 aliphatic rings. The van der Waals surface area contributed by atoms with Gasteiger partial charge in [0, 0.05) is 10.8 Å². The molecular formula is C31H36O3. The van der Waals surface area contributed by atoms with E-state index in [1.165, 1.54) is 42.4 Å². The van der Waals surface area contributed by atoms with Crippen LogP contribution in [-0.2, 0) is 10.8 Å². The Morgan fingerprint density at radius 3 is 1.44 bits per heavy atom. The van der Waals surface area contributed by atoms with Crippen LogP contribution in [-0.4, -0.2) is 15.3 Å². The summed E-state index contributed by atoms with van der Waals surface area (Å²) < 4.78 is 0. The van der Waals surface area contributed by atoms with Gasteiger partial charge in [-0.25, -0.2) is 0 Å². The van der Waals surface area contributed by atoms with Crippen molar-refractivity contribution in [1.29, 1.82) is 0 Å². The van der Waals surface area contributed by atoms with E-state index in [0.717, 1.165) is 25.7 Å². The van der Waals surface area contributed by atoms with Crippen LogP contribution < -0.4 is 0 Å². The lowest BCUT2D eigenvalue weighted by atomic mass is 9.51. The fraction of sp³-hybridized carbons (Fsp3) is 0.419. The molecule has 0 radical (unpaired) electrons. The SMILES string of the molecule is CC1CCCCC1(c1ccc(O)cc1)C1CCC(c2ccc(O)cc2)(c2ccc(O)cc2)CC1. The molecule has 2 atom stereocenters. The molecule has 0 bridgehead atoms. The van der Waals surface area contributed by atoms with Gasteiger partial charge < -0.3 is 15.3 Å². The number of hydrogen-bond donors (Lipinski definition) is 3. The van der Waals surface area contributed by atoms with Crippen LogP contribution >= 0.6 is 0 Å². The Bertz CT molecular complexity index is 1050. The van der Waals surface area contributed by atoms with Crippen LogP contribution in [0.1, 0.15) is 75.0 Å². The minimum atomic E-state index is -0.119. The molecular weight excluding hydrogens is 420 g/mol. The van der Waals surface area contributed by atoms with E-state index in [0.29, 0.717) is 29.1 Å². The Labute approximate surface area is 203 Å². The first-order valence-electron chi connectivity index (χ1n) is 12.8. The van der Waals surface area contributed by atoms with Crippen molar-refractivity contribution >= 4 is 0 Å². The second-order valence-electron chi connectivity index (χ2n) is 10.7. The Hall–Kier alpha value is -2.94. The molecule has 2 aliphatic carbocycles. The quantitative estimate of drug-likeness (QED) is 0.383. The molecule has 178 valence electrons. The average Bonchev–Trinajstić information content (AvgIpc) is 2.86. The minimum Gasteiger partial charge on any atom is -0.508 e. The van der Waals surface area contributed by atoms with Crippen LogP contribution in [0.3, 0.4) is 0 Å². The smallest absolute Gasteiger partial charge is 0.115 e. The Morgan fingerprint density at radius 2 is 1.00 bits per heavy atom. The average molecular weight is 457 g/mol. The molecule has 3 aromatic carbocycles. The van der Waals surface area contributed by atoms with E-state index in [-0.39, 0.29) is 10.8 Å². The van der Waals surface area contributed by atoms with Crippen molar-refractivity contribution in [3.63, 3.8) is 0 Å². The highest BCUT2D eigenvalue weighted by molar-refractivity contribution is 5.44. The topological polar surface area (TPSA) is 60.7 Å². The van der Waals surface area contributed by atoms with Crippen molar-refractivity contribution in [1.82, 2.24) is 0 Å². The molecule has 0 saturated heterocycles. The maximum atomic E-state index is 9.94. The van der Waals surface area contributed by atoms with Gasteiger partial charge in [0.05, 0.1) is 0 Å². The summed E-state index contributed by atoms with van der Waals surface area (Å²) in [5.74, 6) is 2.13. The lowest BCUT2D eigenvalue weighted by Crippen LogP contribution is -2.47. The van der Waals surface area contributed by atoms with E-state index >= 15 is 0 Å². The minimum absolute atomic E-state index is 0.119. The van der Waals surface area contributed by atoms with Gasteiger partial charge in [0.25, 0.3) is 0 Å². The largest absolute Gasteiger partial charge is 0.508 e. The number of phenols is 3. The van der Waals surface area contributed by atoms with Crippen molar-refractivity contribution in [3.05, 3.63) is 89.5 Å². The maximum Gasteiger partial charge on any atom is 0.115 e. The number of phenolic OH excluding ortho intramolecular Hbond substituents is 3. The fourth-order valence-corrected chi connectivity index (χ4v) is 7.35. The summed E-state index contributed by atoms with van der Waals surface area (Å²) in [6.45, 7) is 2.44. The molecule has 0 aliphatic heterocycles. The zero-order valence-corrected chi connectivity index (χ0v) is 20.1. The van der Waals surface area contributed by atoms with E-state index in [1.807, 2.05) is 12.1 Å². The molecule has 3 N–H and O–H groups in total. The van der Waals surface area contributed by atoms with Gasteiger partial charge in [-0.2, -0.15) is 0 Å². The normalized spacial score (nSPS) is 25.1. The summed E-state index contributed by atoms with van der Waals surface area (Å²) in [7, 11) is 0. The molecule has 2 unspecified atom stereocenters. The predicted molar refractivity (Wildman–Crippen MR) is 136 cm³/mol. The lowest BCUT2D eigenvalue weighted by Gasteiger charge is -2.53. The molecule has 3 aromatic rings. The highest BCUT2D eigenvalue weighted by Gasteiger charge is 2.49. The van der Waals surface area contributed by atoms with Gasteiger partial charge in [-0.1, -0.05) is 56.2 Å². The fourth-order valence-electron chi connectivity index (χ4n) is 7.35. The molecule has 0 amide bonds. The molecule has 2 fully saturated rings. The van der Waals surface area contributed by atoms with E-state index in [9.17, 15) is 15.3 Å². The van der Waals surface area contributed by atoms with Gasteiger partial charge in [-0.15, -0.1) is 0 Å². The molecule has 0 aromatic heterocycles. The molecule has 0 heterocycles. The van der Waals surface area contributed by atoms with Crippen LogP contribution in [0.25, 0.3) is 0 Å². The molecule has 2 saturated carbocycles. The standard InChI is InChI=1S/C31H36O3/c1-22-4-2-3-19-31(22,25-9-15-29(34)16-10-25)26-17-20-30(21-18-26,23-5-11-27(32)12-6-23)24-7-13-28(33)14-8-24/h5-16,22,26,32-34H,2-4,17-21H2,1H3. The van der Waals surface area contributed by atoms with Crippen LogP contribution in [0.5, 0.6) is 17.2 Å². The highest BCUT2D eigenvalue weighted by Crippen LogP contribution is 2.57. The van der Waals surface area contributed by atoms with Gasteiger partial charge in [0.15, 0.2) is 0 Å².